The summed E-state index contributed by atoms with van der Waals surface area (Å²) in [6.45, 7) is 4.19. The second kappa shape index (κ2) is 7.23. The van der Waals surface area contributed by atoms with E-state index in [9.17, 15) is 4.39 Å². The summed E-state index contributed by atoms with van der Waals surface area (Å²) in [5.41, 5.74) is 2.22. The topological polar surface area (TPSA) is 21.3 Å². The predicted molar refractivity (Wildman–Crippen MR) is 84.1 cm³/mol. The van der Waals surface area contributed by atoms with E-state index in [-0.39, 0.29) is 11.9 Å². The first kappa shape index (κ1) is 15.5. The smallest absolute Gasteiger partial charge is 0.123 e. The summed E-state index contributed by atoms with van der Waals surface area (Å²) >= 11 is 0. The van der Waals surface area contributed by atoms with Gasteiger partial charge in [0, 0.05) is 12.1 Å². The summed E-state index contributed by atoms with van der Waals surface area (Å²) in [4.78, 5) is 0. The molecule has 0 amide bonds. The molecule has 2 atom stereocenters. The van der Waals surface area contributed by atoms with Gasteiger partial charge in [-0.2, -0.15) is 0 Å². The van der Waals surface area contributed by atoms with Crippen LogP contribution in [0.1, 0.15) is 31.0 Å². The van der Waals surface area contributed by atoms with E-state index >= 15 is 0 Å². The molecule has 21 heavy (non-hydrogen) atoms. The van der Waals surface area contributed by atoms with Crippen molar-refractivity contribution < 1.29 is 9.13 Å². The van der Waals surface area contributed by atoms with Crippen molar-refractivity contribution in [2.24, 2.45) is 0 Å². The molecule has 2 rings (SSSR count). The highest BCUT2D eigenvalue weighted by molar-refractivity contribution is 5.27. The SMILES string of the molecule is COc1ccc(CC(C)NC(C)c2cccc(F)c2)cc1. The molecular weight excluding hydrogens is 265 g/mol. The van der Waals surface area contributed by atoms with E-state index in [0.29, 0.717) is 6.04 Å². The highest BCUT2D eigenvalue weighted by Gasteiger charge is 2.10. The van der Waals surface area contributed by atoms with Gasteiger partial charge >= 0.3 is 0 Å². The molecule has 1 N–H and O–H groups in total. The molecule has 0 saturated heterocycles. The van der Waals surface area contributed by atoms with Crippen molar-refractivity contribution in [2.45, 2.75) is 32.4 Å². The first-order valence-corrected chi connectivity index (χ1v) is 7.23. The highest BCUT2D eigenvalue weighted by Crippen LogP contribution is 2.16. The molecule has 0 aliphatic heterocycles. The lowest BCUT2D eigenvalue weighted by atomic mass is 10.0. The van der Waals surface area contributed by atoms with Gasteiger partial charge in [-0.1, -0.05) is 24.3 Å². The second-order valence-corrected chi connectivity index (χ2v) is 5.40. The van der Waals surface area contributed by atoms with Gasteiger partial charge in [0.25, 0.3) is 0 Å². The summed E-state index contributed by atoms with van der Waals surface area (Å²) in [5, 5.41) is 3.50. The maximum Gasteiger partial charge on any atom is 0.123 e. The highest BCUT2D eigenvalue weighted by atomic mass is 19.1. The van der Waals surface area contributed by atoms with Crippen LogP contribution in [0.25, 0.3) is 0 Å². The minimum atomic E-state index is -0.191. The standard InChI is InChI=1S/C18H22FNO/c1-13(11-15-7-9-18(21-3)10-8-15)20-14(2)16-5-4-6-17(19)12-16/h4-10,12-14,20H,11H2,1-3H3. The minimum absolute atomic E-state index is 0.119. The van der Waals surface area contributed by atoms with Gasteiger partial charge in [-0.25, -0.2) is 4.39 Å². The van der Waals surface area contributed by atoms with Crippen LogP contribution < -0.4 is 10.1 Å². The van der Waals surface area contributed by atoms with Crippen molar-refractivity contribution >= 4 is 0 Å². The number of hydrogen-bond donors (Lipinski definition) is 1. The second-order valence-electron chi connectivity index (χ2n) is 5.40. The Morgan fingerprint density at radius 3 is 2.43 bits per heavy atom. The van der Waals surface area contributed by atoms with E-state index in [1.54, 1.807) is 19.2 Å². The van der Waals surface area contributed by atoms with Crippen LogP contribution in [-0.4, -0.2) is 13.2 Å². The number of rotatable bonds is 6. The van der Waals surface area contributed by atoms with Crippen LogP contribution in [0.5, 0.6) is 5.75 Å². The molecule has 0 radical (unpaired) electrons. The molecule has 0 aliphatic rings. The van der Waals surface area contributed by atoms with Gasteiger partial charge in [0.05, 0.1) is 7.11 Å². The molecule has 2 unspecified atom stereocenters. The normalized spacial score (nSPS) is 13.7. The van der Waals surface area contributed by atoms with Gasteiger partial charge in [0.15, 0.2) is 0 Å². The molecular formula is C18H22FNO. The van der Waals surface area contributed by atoms with Crippen molar-refractivity contribution in [1.29, 1.82) is 0 Å². The van der Waals surface area contributed by atoms with Gasteiger partial charge in [-0.05, 0) is 55.7 Å². The van der Waals surface area contributed by atoms with Crippen molar-refractivity contribution in [1.82, 2.24) is 5.32 Å². The Hall–Kier alpha value is -1.87. The number of methoxy groups -OCH3 is 1. The Balaban J connectivity index is 1.92. The lowest BCUT2D eigenvalue weighted by Crippen LogP contribution is -2.30. The third-order valence-corrected chi connectivity index (χ3v) is 3.58. The zero-order valence-corrected chi connectivity index (χ0v) is 12.8. The number of hydrogen-bond acceptors (Lipinski definition) is 2. The molecule has 0 bridgehead atoms. The van der Waals surface area contributed by atoms with Gasteiger partial charge in [0.2, 0.25) is 0 Å². The van der Waals surface area contributed by atoms with Crippen LogP contribution in [0.15, 0.2) is 48.5 Å². The average molecular weight is 287 g/mol. The van der Waals surface area contributed by atoms with Crippen molar-refractivity contribution in [3.05, 3.63) is 65.5 Å². The maximum atomic E-state index is 13.2. The zero-order chi connectivity index (χ0) is 15.2. The molecule has 0 aromatic heterocycles. The third kappa shape index (κ3) is 4.57. The molecule has 0 saturated carbocycles. The van der Waals surface area contributed by atoms with Crippen LogP contribution in [0, 0.1) is 5.82 Å². The van der Waals surface area contributed by atoms with E-state index < -0.39 is 0 Å². The monoisotopic (exact) mass is 287 g/mol. The van der Waals surface area contributed by atoms with Crippen LogP contribution in [0.4, 0.5) is 4.39 Å². The first-order chi connectivity index (χ1) is 10.1. The molecule has 0 spiro atoms. The van der Waals surface area contributed by atoms with E-state index in [4.69, 9.17) is 4.74 Å². The largest absolute Gasteiger partial charge is 0.497 e. The Labute approximate surface area is 126 Å². The van der Waals surface area contributed by atoms with Crippen LogP contribution >= 0.6 is 0 Å². The molecule has 2 nitrogen and oxygen atoms in total. The Bertz CT molecular complexity index is 568. The Morgan fingerprint density at radius 1 is 1.10 bits per heavy atom. The molecule has 0 heterocycles. The fourth-order valence-electron chi connectivity index (χ4n) is 2.47. The summed E-state index contributed by atoms with van der Waals surface area (Å²) in [5.74, 6) is 0.677. The van der Waals surface area contributed by atoms with Gasteiger partial charge in [-0.15, -0.1) is 0 Å². The molecule has 2 aromatic carbocycles. The van der Waals surface area contributed by atoms with E-state index in [2.05, 4.69) is 31.3 Å². The average Bonchev–Trinajstić information content (AvgIpc) is 2.48. The van der Waals surface area contributed by atoms with Gasteiger partial charge in [-0.3, -0.25) is 0 Å². The molecule has 2 aromatic rings. The van der Waals surface area contributed by atoms with Crippen molar-refractivity contribution in [3.8, 4) is 5.75 Å². The van der Waals surface area contributed by atoms with Crippen molar-refractivity contribution in [2.75, 3.05) is 7.11 Å². The van der Waals surface area contributed by atoms with Crippen LogP contribution in [-0.2, 0) is 6.42 Å². The van der Waals surface area contributed by atoms with Crippen LogP contribution in [0.3, 0.4) is 0 Å². The van der Waals surface area contributed by atoms with Gasteiger partial charge < -0.3 is 10.1 Å². The molecule has 0 aliphatic carbocycles. The molecule has 0 fully saturated rings. The number of benzene rings is 2. The molecule has 112 valence electrons. The van der Waals surface area contributed by atoms with Crippen LogP contribution in [0.2, 0.25) is 0 Å². The number of halogens is 1. The third-order valence-electron chi connectivity index (χ3n) is 3.58. The first-order valence-electron chi connectivity index (χ1n) is 7.23. The summed E-state index contributed by atoms with van der Waals surface area (Å²) in [7, 11) is 1.67. The predicted octanol–water partition coefficient (Wildman–Crippen LogP) is 4.12. The lowest BCUT2D eigenvalue weighted by Gasteiger charge is -2.20. The number of ether oxygens (including phenoxy) is 1. The minimum Gasteiger partial charge on any atom is -0.497 e. The number of nitrogens with one attached hydrogen (secondary N) is 1. The summed E-state index contributed by atoms with van der Waals surface area (Å²) in [6, 6.07) is 15.3. The Kier molecular flexibility index (Phi) is 5.34. The van der Waals surface area contributed by atoms with Crippen molar-refractivity contribution in [3.63, 3.8) is 0 Å². The lowest BCUT2D eigenvalue weighted by molar-refractivity contribution is 0.414. The van der Waals surface area contributed by atoms with E-state index in [0.717, 1.165) is 17.7 Å². The fraction of sp³-hybridized carbons (Fsp3) is 0.333. The van der Waals surface area contributed by atoms with E-state index in [1.807, 2.05) is 18.2 Å². The summed E-state index contributed by atoms with van der Waals surface area (Å²) in [6.07, 6.45) is 0.920. The Morgan fingerprint density at radius 2 is 1.81 bits per heavy atom. The summed E-state index contributed by atoms with van der Waals surface area (Å²) < 4.78 is 18.4. The van der Waals surface area contributed by atoms with E-state index in [1.165, 1.54) is 11.6 Å². The zero-order valence-electron chi connectivity index (χ0n) is 12.8. The quantitative estimate of drug-likeness (QED) is 0.863. The fourth-order valence-corrected chi connectivity index (χ4v) is 2.47. The molecule has 3 heteroatoms. The maximum absolute atomic E-state index is 13.2. The van der Waals surface area contributed by atoms with Gasteiger partial charge in [0.1, 0.15) is 11.6 Å².